The second-order valence-corrected chi connectivity index (χ2v) is 5.04. The van der Waals surface area contributed by atoms with Crippen LogP contribution in [-0.4, -0.2) is 12.4 Å². The van der Waals surface area contributed by atoms with Gasteiger partial charge in [-0.15, -0.1) is 0 Å². The van der Waals surface area contributed by atoms with Crippen LogP contribution in [0.4, 0.5) is 10.5 Å². The number of hydrogen-bond acceptors (Lipinski definition) is 3. The number of para-hydroxylation sites is 1. The van der Waals surface area contributed by atoms with E-state index in [0.29, 0.717) is 28.6 Å². The topological polar surface area (TPSA) is 70.7 Å². The van der Waals surface area contributed by atoms with E-state index in [2.05, 4.69) is 10.9 Å². The molecule has 0 spiro atoms. The molecule has 3 amide bonds. The fraction of sp³-hybridized carbons (Fsp3) is 0.0667. The maximum absolute atomic E-state index is 12.3. The monoisotopic (exact) mass is 317 g/mol. The first kappa shape index (κ1) is 14.2. The third-order valence-electron chi connectivity index (χ3n) is 3.22. The molecule has 22 heavy (non-hydrogen) atoms. The van der Waals surface area contributed by atoms with Gasteiger partial charge in [0.15, 0.2) is 5.75 Å². The third kappa shape index (κ3) is 2.68. The van der Waals surface area contributed by atoms with E-state index in [1.54, 1.807) is 18.2 Å². The SMILES string of the molecule is O=CNNC(=O)N1Cc2ccccc2Oc2ccc(Cl)cc21. The molecule has 0 radical (unpaired) electrons. The summed E-state index contributed by atoms with van der Waals surface area (Å²) in [5.74, 6) is 1.18. The van der Waals surface area contributed by atoms with Crippen molar-refractivity contribution in [3.63, 3.8) is 0 Å². The number of hydrazine groups is 1. The molecular weight excluding hydrogens is 306 g/mol. The van der Waals surface area contributed by atoms with Gasteiger partial charge in [0, 0.05) is 10.6 Å². The van der Waals surface area contributed by atoms with E-state index < -0.39 is 6.03 Å². The van der Waals surface area contributed by atoms with E-state index >= 15 is 0 Å². The van der Waals surface area contributed by atoms with Gasteiger partial charge in [-0.3, -0.25) is 15.1 Å². The minimum Gasteiger partial charge on any atom is -0.455 e. The molecule has 7 heteroatoms. The molecule has 2 aromatic rings. The van der Waals surface area contributed by atoms with Crippen molar-refractivity contribution < 1.29 is 14.3 Å². The molecule has 0 aliphatic carbocycles. The maximum atomic E-state index is 12.3. The number of anilines is 1. The van der Waals surface area contributed by atoms with Gasteiger partial charge in [-0.2, -0.15) is 0 Å². The molecule has 2 N–H and O–H groups in total. The van der Waals surface area contributed by atoms with Gasteiger partial charge in [0.05, 0.1) is 12.2 Å². The summed E-state index contributed by atoms with van der Waals surface area (Å²) in [5.41, 5.74) is 5.80. The number of halogens is 1. The Labute approximate surface area is 131 Å². The number of nitrogens with one attached hydrogen (secondary N) is 2. The van der Waals surface area contributed by atoms with Crippen LogP contribution >= 0.6 is 11.6 Å². The molecule has 0 saturated carbocycles. The van der Waals surface area contributed by atoms with E-state index in [1.807, 2.05) is 24.3 Å². The van der Waals surface area contributed by atoms with Crippen LogP contribution in [0.5, 0.6) is 11.5 Å². The first-order valence-electron chi connectivity index (χ1n) is 6.51. The number of amides is 3. The average molecular weight is 318 g/mol. The lowest BCUT2D eigenvalue weighted by Gasteiger charge is -2.22. The van der Waals surface area contributed by atoms with Gasteiger partial charge in [-0.25, -0.2) is 10.2 Å². The smallest absolute Gasteiger partial charge is 0.340 e. The predicted octanol–water partition coefficient (Wildman–Crippen LogP) is 2.82. The number of fused-ring (bicyclic) bond motifs is 2. The molecule has 0 aromatic heterocycles. The van der Waals surface area contributed by atoms with Crippen molar-refractivity contribution in [2.24, 2.45) is 0 Å². The van der Waals surface area contributed by atoms with Crippen LogP contribution in [0.3, 0.4) is 0 Å². The van der Waals surface area contributed by atoms with Crippen molar-refractivity contribution in [1.82, 2.24) is 10.9 Å². The molecule has 0 fully saturated rings. The Morgan fingerprint density at radius 2 is 2.05 bits per heavy atom. The first-order chi connectivity index (χ1) is 10.7. The lowest BCUT2D eigenvalue weighted by atomic mass is 10.2. The Kier molecular flexibility index (Phi) is 3.84. The molecular formula is C15H12ClN3O3. The fourth-order valence-corrected chi connectivity index (χ4v) is 2.40. The molecule has 0 unspecified atom stereocenters. The van der Waals surface area contributed by atoms with Crippen molar-refractivity contribution in [3.8, 4) is 11.5 Å². The number of nitrogens with zero attached hydrogens (tertiary/aromatic N) is 1. The summed E-state index contributed by atoms with van der Waals surface area (Å²) in [7, 11) is 0. The summed E-state index contributed by atoms with van der Waals surface area (Å²) in [4.78, 5) is 24.1. The molecule has 1 aliphatic heterocycles. The van der Waals surface area contributed by atoms with Gasteiger partial charge in [0.25, 0.3) is 0 Å². The summed E-state index contributed by atoms with van der Waals surface area (Å²) in [6, 6.07) is 12.0. The first-order valence-corrected chi connectivity index (χ1v) is 6.89. The lowest BCUT2D eigenvalue weighted by molar-refractivity contribution is -0.110. The van der Waals surface area contributed by atoms with Gasteiger partial charge < -0.3 is 4.74 Å². The van der Waals surface area contributed by atoms with Gasteiger partial charge in [-0.1, -0.05) is 29.8 Å². The van der Waals surface area contributed by atoms with E-state index in [9.17, 15) is 9.59 Å². The Balaban J connectivity index is 2.06. The molecule has 6 nitrogen and oxygen atoms in total. The summed E-state index contributed by atoms with van der Waals surface area (Å²) in [6.07, 6.45) is 0.388. The largest absolute Gasteiger partial charge is 0.455 e. The normalized spacial score (nSPS) is 12.3. The summed E-state index contributed by atoms with van der Waals surface area (Å²) >= 11 is 6.03. The number of hydrogen-bond donors (Lipinski definition) is 2. The minimum absolute atomic E-state index is 0.288. The van der Waals surface area contributed by atoms with Gasteiger partial charge in [0.1, 0.15) is 5.75 Å². The number of benzene rings is 2. The van der Waals surface area contributed by atoms with Crippen molar-refractivity contribution in [3.05, 3.63) is 53.1 Å². The van der Waals surface area contributed by atoms with Crippen molar-refractivity contribution in [1.29, 1.82) is 0 Å². The zero-order valence-corrected chi connectivity index (χ0v) is 12.1. The van der Waals surface area contributed by atoms with E-state index in [0.717, 1.165) is 5.56 Å². The predicted molar refractivity (Wildman–Crippen MR) is 81.9 cm³/mol. The molecule has 0 bridgehead atoms. The Bertz CT molecular complexity index is 736. The molecule has 1 aliphatic rings. The van der Waals surface area contributed by atoms with Crippen LogP contribution in [0.2, 0.25) is 5.02 Å². The molecule has 2 aromatic carbocycles. The number of urea groups is 1. The van der Waals surface area contributed by atoms with Crippen molar-refractivity contribution in [2.75, 3.05) is 4.90 Å². The zero-order valence-electron chi connectivity index (χ0n) is 11.4. The average Bonchev–Trinajstić information content (AvgIpc) is 2.69. The molecule has 3 rings (SSSR count). The number of carbonyl (C=O) groups is 2. The number of carbonyl (C=O) groups excluding carboxylic acids is 2. The van der Waals surface area contributed by atoms with Crippen LogP contribution in [0.15, 0.2) is 42.5 Å². The van der Waals surface area contributed by atoms with Crippen LogP contribution < -0.4 is 20.5 Å². The van der Waals surface area contributed by atoms with Crippen molar-refractivity contribution in [2.45, 2.75) is 6.54 Å². The quantitative estimate of drug-likeness (QED) is 0.661. The standard InChI is InChI=1S/C15H12ClN3O3/c16-11-5-6-14-12(7-11)19(15(21)18-17-9-20)8-10-3-1-2-4-13(10)22-14/h1-7,9H,8H2,(H,17,20)(H,18,21). The van der Waals surface area contributed by atoms with Crippen LogP contribution in [0, 0.1) is 0 Å². The highest BCUT2D eigenvalue weighted by Crippen LogP contribution is 2.40. The van der Waals surface area contributed by atoms with Crippen molar-refractivity contribution >= 4 is 29.7 Å². The van der Waals surface area contributed by atoms with Crippen LogP contribution in [-0.2, 0) is 11.3 Å². The Hall–Kier alpha value is -2.73. The van der Waals surface area contributed by atoms with Crippen LogP contribution in [0.25, 0.3) is 0 Å². The van der Waals surface area contributed by atoms with Gasteiger partial charge in [0.2, 0.25) is 6.41 Å². The Morgan fingerprint density at radius 1 is 1.23 bits per heavy atom. The maximum Gasteiger partial charge on any atom is 0.340 e. The van der Waals surface area contributed by atoms with Gasteiger partial charge in [-0.05, 0) is 24.3 Å². The highest BCUT2D eigenvalue weighted by molar-refractivity contribution is 6.31. The number of ether oxygens (including phenoxy) is 1. The second kappa shape index (κ2) is 5.95. The molecule has 1 heterocycles. The fourth-order valence-electron chi connectivity index (χ4n) is 2.24. The molecule has 0 atom stereocenters. The second-order valence-electron chi connectivity index (χ2n) is 4.60. The van der Waals surface area contributed by atoms with E-state index in [4.69, 9.17) is 16.3 Å². The van der Waals surface area contributed by atoms with E-state index in [-0.39, 0.29) is 6.54 Å². The minimum atomic E-state index is -0.490. The summed E-state index contributed by atoms with van der Waals surface area (Å²) in [5, 5.41) is 0.481. The Morgan fingerprint density at radius 3 is 2.86 bits per heavy atom. The van der Waals surface area contributed by atoms with E-state index in [1.165, 1.54) is 4.90 Å². The van der Waals surface area contributed by atoms with Crippen LogP contribution in [0.1, 0.15) is 5.56 Å². The van der Waals surface area contributed by atoms with Gasteiger partial charge >= 0.3 is 6.03 Å². The summed E-state index contributed by atoms with van der Waals surface area (Å²) < 4.78 is 5.87. The lowest BCUT2D eigenvalue weighted by Crippen LogP contribution is -2.45. The number of rotatable bonds is 2. The highest BCUT2D eigenvalue weighted by Gasteiger charge is 2.25. The highest BCUT2D eigenvalue weighted by atomic mass is 35.5. The molecule has 0 saturated heterocycles. The zero-order chi connectivity index (χ0) is 15.5. The third-order valence-corrected chi connectivity index (χ3v) is 3.45. The molecule has 112 valence electrons. The summed E-state index contributed by atoms with van der Waals surface area (Å²) in [6.45, 7) is 0.288.